The first-order valence-corrected chi connectivity index (χ1v) is 8.86. The Morgan fingerprint density at radius 3 is 2.71 bits per heavy atom. The molecule has 21 heavy (non-hydrogen) atoms. The zero-order chi connectivity index (χ0) is 14.8. The summed E-state index contributed by atoms with van der Waals surface area (Å²) in [5.41, 5.74) is 0.319. The largest absolute Gasteiger partial charge is 0.299 e. The molecule has 2 fully saturated rings. The molecule has 4 rings (SSSR count). The number of carbonyl (C=O) groups excluding carboxylic acids is 1. The van der Waals surface area contributed by atoms with Crippen molar-refractivity contribution in [3.63, 3.8) is 0 Å². The number of Topliss-reactive ketones (excluding diaryl/α,β-unsaturated/α-hetero) is 1. The summed E-state index contributed by atoms with van der Waals surface area (Å²) in [6, 6.07) is 0. The zero-order valence-electron chi connectivity index (χ0n) is 13.6. The Hall–Kier alpha value is -0.850. The Labute approximate surface area is 128 Å². The molecule has 0 amide bonds. The first-order valence-electron chi connectivity index (χ1n) is 8.86. The lowest BCUT2D eigenvalue weighted by atomic mass is 9.48. The Morgan fingerprint density at radius 1 is 1.10 bits per heavy atom. The van der Waals surface area contributed by atoms with Crippen LogP contribution in [-0.4, -0.2) is 5.78 Å². The van der Waals surface area contributed by atoms with Crippen molar-refractivity contribution in [3.05, 3.63) is 24.3 Å². The van der Waals surface area contributed by atoms with Crippen LogP contribution in [0.5, 0.6) is 0 Å². The maximum absolute atomic E-state index is 12.4. The van der Waals surface area contributed by atoms with Crippen LogP contribution in [0.15, 0.2) is 24.3 Å². The topological polar surface area (TPSA) is 17.1 Å². The third-order valence-corrected chi connectivity index (χ3v) is 7.61. The minimum atomic E-state index is -0.0135. The minimum Gasteiger partial charge on any atom is -0.299 e. The van der Waals surface area contributed by atoms with E-state index in [4.69, 9.17) is 0 Å². The number of carbonyl (C=O) groups is 1. The highest BCUT2D eigenvalue weighted by atomic mass is 16.1. The Balaban J connectivity index is 1.73. The van der Waals surface area contributed by atoms with Gasteiger partial charge in [-0.25, -0.2) is 0 Å². The lowest BCUT2D eigenvalue weighted by Gasteiger charge is -2.56. The Kier molecular flexibility index (Phi) is 2.85. The highest BCUT2D eigenvalue weighted by molar-refractivity contribution is 5.87. The Bertz CT molecular complexity index is 530. The monoisotopic (exact) mass is 284 g/mol. The van der Waals surface area contributed by atoms with Crippen molar-refractivity contribution in [2.75, 3.05) is 0 Å². The van der Waals surface area contributed by atoms with E-state index < -0.39 is 0 Å². The quantitative estimate of drug-likeness (QED) is 0.585. The molecule has 7 atom stereocenters. The van der Waals surface area contributed by atoms with Crippen LogP contribution in [0.3, 0.4) is 0 Å². The molecule has 0 heterocycles. The summed E-state index contributed by atoms with van der Waals surface area (Å²) >= 11 is 0. The van der Waals surface area contributed by atoms with Gasteiger partial charge in [-0.2, -0.15) is 0 Å². The molecule has 0 aromatic carbocycles. The molecule has 0 aromatic heterocycles. The second kappa shape index (κ2) is 4.33. The van der Waals surface area contributed by atoms with Crippen LogP contribution in [0, 0.1) is 40.4 Å². The first kappa shape index (κ1) is 13.8. The van der Waals surface area contributed by atoms with Crippen molar-refractivity contribution in [2.24, 2.45) is 40.4 Å². The van der Waals surface area contributed by atoms with Crippen LogP contribution in [0.1, 0.15) is 52.9 Å². The van der Waals surface area contributed by atoms with Gasteiger partial charge in [0.15, 0.2) is 0 Å². The van der Waals surface area contributed by atoms with E-state index in [0.29, 0.717) is 34.9 Å². The van der Waals surface area contributed by atoms with E-state index in [2.05, 4.69) is 45.1 Å². The SMILES string of the molecule is CC1C=C[C@@]2(C)C(C=CC3C2CC[C@]2(C)C(=O)CCC32)C1. The van der Waals surface area contributed by atoms with Gasteiger partial charge in [0.1, 0.15) is 5.78 Å². The lowest BCUT2D eigenvalue weighted by Crippen LogP contribution is -2.50. The van der Waals surface area contributed by atoms with E-state index in [1.165, 1.54) is 12.8 Å². The van der Waals surface area contributed by atoms with Crippen molar-refractivity contribution in [1.29, 1.82) is 0 Å². The van der Waals surface area contributed by atoms with E-state index in [1.54, 1.807) is 0 Å². The molecular weight excluding hydrogens is 256 g/mol. The van der Waals surface area contributed by atoms with Crippen molar-refractivity contribution < 1.29 is 4.79 Å². The fourth-order valence-corrected chi connectivity index (χ4v) is 6.14. The second-order valence-corrected chi connectivity index (χ2v) is 8.64. The third kappa shape index (κ3) is 1.72. The van der Waals surface area contributed by atoms with Gasteiger partial charge in [0.2, 0.25) is 0 Å². The lowest BCUT2D eigenvalue weighted by molar-refractivity contribution is -0.130. The minimum absolute atomic E-state index is 0.0135. The molecule has 114 valence electrons. The molecule has 4 aliphatic rings. The number of rotatable bonds is 0. The standard InChI is InChI=1S/C20H28O/c1-13-8-10-19(2)14(12-13)4-5-15-16-6-7-18(21)20(16,3)11-9-17(15)19/h4-5,8,10,13-17H,6-7,9,11-12H2,1-3H3/t13?,14?,15?,16?,17?,19-,20-/m0/s1. The van der Waals surface area contributed by atoms with Crippen molar-refractivity contribution in [1.82, 2.24) is 0 Å². The molecule has 0 bridgehead atoms. The number of hydrogen-bond donors (Lipinski definition) is 0. The molecule has 1 nitrogen and oxygen atoms in total. The molecule has 1 heteroatoms. The van der Waals surface area contributed by atoms with Gasteiger partial charge in [-0.15, -0.1) is 0 Å². The van der Waals surface area contributed by atoms with Gasteiger partial charge < -0.3 is 0 Å². The molecule has 5 unspecified atom stereocenters. The van der Waals surface area contributed by atoms with Crippen LogP contribution in [0.25, 0.3) is 0 Å². The molecule has 2 saturated carbocycles. The van der Waals surface area contributed by atoms with Crippen LogP contribution in [0.4, 0.5) is 0 Å². The van der Waals surface area contributed by atoms with Gasteiger partial charge in [0, 0.05) is 11.8 Å². The van der Waals surface area contributed by atoms with Crippen molar-refractivity contribution in [3.8, 4) is 0 Å². The molecule has 0 aliphatic heterocycles. The average molecular weight is 284 g/mol. The summed E-state index contributed by atoms with van der Waals surface area (Å²) in [4.78, 5) is 12.4. The summed E-state index contributed by atoms with van der Waals surface area (Å²) in [5.74, 6) is 3.95. The number of allylic oxidation sites excluding steroid dienone is 4. The number of hydrogen-bond acceptors (Lipinski definition) is 1. The van der Waals surface area contributed by atoms with Gasteiger partial charge in [-0.1, -0.05) is 45.1 Å². The van der Waals surface area contributed by atoms with Crippen molar-refractivity contribution in [2.45, 2.75) is 52.9 Å². The number of ketones is 1. The molecule has 0 spiro atoms. The molecule has 0 radical (unpaired) electrons. The zero-order valence-corrected chi connectivity index (χ0v) is 13.6. The Morgan fingerprint density at radius 2 is 1.90 bits per heavy atom. The first-order chi connectivity index (χ1) is 9.95. The maximum atomic E-state index is 12.4. The van der Waals surface area contributed by atoms with Gasteiger partial charge in [0.25, 0.3) is 0 Å². The molecule has 0 aromatic rings. The number of fused-ring (bicyclic) bond motifs is 5. The highest BCUT2D eigenvalue weighted by Gasteiger charge is 2.58. The van der Waals surface area contributed by atoms with Gasteiger partial charge in [-0.3, -0.25) is 4.79 Å². The van der Waals surface area contributed by atoms with Crippen LogP contribution in [0.2, 0.25) is 0 Å². The van der Waals surface area contributed by atoms with E-state index >= 15 is 0 Å². The van der Waals surface area contributed by atoms with Gasteiger partial charge >= 0.3 is 0 Å². The van der Waals surface area contributed by atoms with E-state index in [-0.39, 0.29) is 5.41 Å². The smallest absolute Gasteiger partial charge is 0.139 e. The van der Waals surface area contributed by atoms with Crippen LogP contribution >= 0.6 is 0 Å². The van der Waals surface area contributed by atoms with E-state index in [9.17, 15) is 4.79 Å². The third-order valence-electron chi connectivity index (χ3n) is 7.61. The maximum Gasteiger partial charge on any atom is 0.139 e. The fraction of sp³-hybridized carbons (Fsp3) is 0.750. The molecule has 0 saturated heterocycles. The summed E-state index contributed by atoms with van der Waals surface area (Å²) < 4.78 is 0. The summed E-state index contributed by atoms with van der Waals surface area (Å²) in [7, 11) is 0. The predicted molar refractivity (Wildman–Crippen MR) is 85.7 cm³/mol. The van der Waals surface area contributed by atoms with Crippen molar-refractivity contribution >= 4 is 5.78 Å². The fourth-order valence-electron chi connectivity index (χ4n) is 6.14. The van der Waals surface area contributed by atoms with Gasteiger partial charge in [-0.05, 0) is 60.7 Å². The summed E-state index contributed by atoms with van der Waals surface area (Å²) in [6.07, 6.45) is 15.6. The molecular formula is C20H28O. The van der Waals surface area contributed by atoms with Crippen LogP contribution in [-0.2, 0) is 4.79 Å². The summed E-state index contributed by atoms with van der Waals surface area (Å²) in [6.45, 7) is 7.08. The summed E-state index contributed by atoms with van der Waals surface area (Å²) in [5, 5.41) is 0. The van der Waals surface area contributed by atoms with E-state index in [1.807, 2.05) is 0 Å². The second-order valence-electron chi connectivity index (χ2n) is 8.64. The predicted octanol–water partition coefficient (Wildman–Crippen LogP) is 4.79. The van der Waals surface area contributed by atoms with Gasteiger partial charge in [0.05, 0.1) is 0 Å². The molecule has 0 N–H and O–H groups in total. The highest BCUT2D eigenvalue weighted by Crippen LogP contribution is 2.62. The van der Waals surface area contributed by atoms with Crippen LogP contribution < -0.4 is 0 Å². The normalized spacial score (nSPS) is 55.0. The van der Waals surface area contributed by atoms with E-state index in [0.717, 1.165) is 25.2 Å². The molecule has 4 aliphatic carbocycles. The average Bonchev–Trinajstić information content (AvgIpc) is 2.76.